The van der Waals surface area contributed by atoms with E-state index >= 15 is 0 Å². The van der Waals surface area contributed by atoms with Gasteiger partial charge in [-0.15, -0.1) is 0 Å². The second-order valence-corrected chi connectivity index (χ2v) is 7.88. The van der Waals surface area contributed by atoms with E-state index in [4.69, 9.17) is 15.2 Å². The maximum absolute atomic E-state index is 13.1. The highest BCUT2D eigenvalue weighted by molar-refractivity contribution is 5.43. The number of nitrogens with one attached hydrogen (secondary N) is 3. The Morgan fingerprint density at radius 3 is 2.21 bits per heavy atom. The number of halogens is 1. The van der Waals surface area contributed by atoms with E-state index in [1.807, 2.05) is 0 Å². The van der Waals surface area contributed by atoms with Gasteiger partial charge in [-0.05, 0) is 43.4 Å². The second-order valence-electron chi connectivity index (χ2n) is 7.88. The fourth-order valence-electron chi connectivity index (χ4n) is 3.43. The van der Waals surface area contributed by atoms with Crippen LogP contribution in [0, 0.1) is 5.82 Å². The topological polar surface area (TPSA) is 139 Å². The lowest BCUT2D eigenvalue weighted by Gasteiger charge is -2.26. The molecule has 3 rings (SSSR count). The molecule has 33 heavy (non-hydrogen) atoms. The van der Waals surface area contributed by atoms with Gasteiger partial charge in [0.05, 0.1) is 32.5 Å². The zero-order chi connectivity index (χ0) is 23.3. The minimum Gasteiger partial charge on any atom is -0.393 e. The maximum Gasteiger partial charge on any atom is 0.229 e. The number of anilines is 3. The summed E-state index contributed by atoms with van der Waals surface area (Å²) in [4.78, 5) is 13.4. The van der Waals surface area contributed by atoms with Crippen molar-refractivity contribution in [3.63, 3.8) is 0 Å². The molecule has 1 aliphatic carbocycles. The molecule has 6 N–H and O–H groups in total. The molecule has 1 aromatic carbocycles. The van der Waals surface area contributed by atoms with E-state index in [0.717, 1.165) is 31.2 Å². The monoisotopic (exact) mass is 463 g/mol. The SMILES string of the molecule is NCCOCCOCCNc1nc(NCc2ccc(F)cc2)nc(NC2CCC(O)CC2)n1. The number of hydrogen-bond acceptors (Lipinski definition) is 10. The molecule has 0 amide bonds. The van der Waals surface area contributed by atoms with E-state index in [0.29, 0.717) is 63.9 Å². The van der Waals surface area contributed by atoms with Crippen LogP contribution in [0.4, 0.5) is 22.2 Å². The molecule has 2 aromatic rings. The highest BCUT2D eigenvalue weighted by atomic mass is 19.1. The Balaban J connectivity index is 1.55. The number of ether oxygens (including phenoxy) is 2. The van der Waals surface area contributed by atoms with Crippen LogP contribution >= 0.6 is 0 Å². The van der Waals surface area contributed by atoms with Crippen LogP contribution in [0.2, 0.25) is 0 Å². The molecule has 182 valence electrons. The van der Waals surface area contributed by atoms with Crippen molar-refractivity contribution in [3.8, 4) is 0 Å². The summed E-state index contributed by atoms with van der Waals surface area (Å²) < 4.78 is 23.9. The molecule has 1 heterocycles. The Hall–Kier alpha value is -2.60. The fourth-order valence-corrected chi connectivity index (χ4v) is 3.43. The van der Waals surface area contributed by atoms with Crippen LogP contribution in [0.15, 0.2) is 24.3 Å². The van der Waals surface area contributed by atoms with E-state index in [-0.39, 0.29) is 18.0 Å². The molecule has 10 nitrogen and oxygen atoms in total. The Morgan fingerprint density at radius 1 is 0.879 bits per heavy atom. The molecule has 0 saturated heterocycles. The van der Waals surface area contributed by atoms with Crippen LogP contribution in [0.25, 0.3) is 0 Å². The van der Waals surface area contributed by atoms with Gasteiger partial charge < -0.3 is 36.3 Å². The molecule has 0 atom stereocenters. The first-order valence-electron chi connectivity index (χ1n) is 11.4. The largest absolute Gasteiger partial charge is 0.393 e. The summed E-state index contributed by atoms with van der Waals surface area (Å²) >= 11 is 0. The lowest BCUT2D eigenvalue weighted by Crippen LogP contribution is -2.29. The van der Waals surface area contributed by atoms with E-state index in [1.165, 1.54) is 12.1 Å². The number of aliphatic hydroxyl groups is 1. The van der Waals surface area contributed by atoms with Crippen LogP contribution in [0.3, 0.4) is 0 Å². The van der Waals surface area contributed by atoms with Crippen molar-refractivity contribution in [3.05, 3.63) is 35.6 Å². The van der Waals surface area contributed by atoms with Gasteiger partial charge in [-0.25, -0.2) is 4.39 Å². The van der Waals surface area contributed by atoms with Crippen LogP contribution in [0.1, 0.15) is 31.2 Å². The molecular formula is C22H34FN7O3. The predicted octanol–water partition coefficient (Wildman–Crippen LogP) is 1.74. The van der Waals surface area contributed by atoms with Gasteiger partial charge in [0.1, 0.15) is 5.82 Å². The molecule has 0 spiro atoms. The fraction of sp³-hybridized carbons (Fsp3) is 0.591. The molecule has 1 saturated carbocycles. The summed E-state index contributed by atoms with van der Waals surface area (Å²) in [5, 5.41) is 19.4. The van der Waals surface area contributed by atoms with Gasteiger partial charge in [0, 0.05) is 25.7 Å². The van der Waals surface area contributed by atoms with Gasteiger partial charge in [-0.1, -0.05) is 12.1 Å². The van der Waals surface area contributed by atoms with E-state index < -0.39 is 0 Å². The number of benzene rings is 1. The number of nitrogens with two attached hydrogens (primary N) is 1. The molecule has 1 aliphatic rings. The molecule has 1 fully saturated rings. The number of nitrogens with zero attached hydrogens (tertiary/aromatic N) is 3. The lowest BCUT2D eigenvalue weighted by atomic mass is 9.93. The van der Waals surface area contributed by atoms with Crippen molar-refractivity contribution in [1.82, 2.24) is 15.0 Å². The lowest BCUT2D eigenvalue weighted by molar-refractivity contribution is 0.0547. The Morgan fingerprint density at radius 2 is 1.52 bits per heavy atom. The van der Waals surface area contributed by atoms with Gasteiger partial charge in [-0.2, -0.15) is 15.0 Å². The Labute approximate surface area is 193 Å². The summed E-state index contributed by atoms with van der Waals surface area (Å²) in [5.41, 5.74) is 6.28. The standard InChI is InChI=1S/C22H34FN7O3/c23-17-3-1-16(2-4-17)15-26-21-28-20(25-10-12-33-14-13-32-11-9-24)29-22(30-21)27-18-5-7-19(31)8-6-18/h1-4,18-19,31H,5-15,24H2,(H3,25,26,27,28,29,30). The third-order valence-electron chi connectivity index (χ3n) is 5.19. The minimum absolute atomic E-state index is 0.199. The zero-order valence-electron chi connectivity index (χ0n) is 18.8. The first kappa shape index (κ1) is 25.0. The van der Waals surface area contributed by atoms with E-state index in [9.17, 15) is 9.50 Å². The van der Waals surface area contributed by atoms with Crippen molar-refractivity contribution in [2.45, 2.75) is 44.4 Å². The highest BCUT2D eigenvalue weighted by Crippen LogP contribution is 2.21. The van der Waals surface area contributed by atoms with Crippen LogP contribution in [-0.4, -0.2) is 71.7 Å². The predicted molar refractivity (Wildman–Crippen MR) is 125 cm³/mol. The van der Waals surface area contributed by atoms with Crippen LogP contribution < -0.4 is 21.7 Å². The van der Waals surface area contributed by atoms with Gasteiger partial charge in [0.15, 0.2) is 0 Å². The minimum atomic E-state index is -0.275. The number of aliphatic hydroxyl groups excluding tert-OH is 1. The van der Waals surface area contributed by atoms with Crippen molar-refractivity contribution in [1.29, 1.82) is 0 Å². The first-order chi connectivity index (χ1) is 16.1. The highest BCUT2D eigenvalue weighted by Gasteiger charge is 2.20. The van der Waals surface area contributed by atoms with Crippen molar-refractivity contribution in [2.75, 3.05) is 55.5 Å². The molecule has 0 radical (unpaired) electrons. The van der Waals surface area contributed by atoms with Crippen molar-refractivity contribution < 1.29 is 19.0 Å². The molecule has 0 unspecified atom stereocenters. The Bertz CT molecular complexity index is 820. The van der Waals surface area contributed by atoms with Crippen molar-refractivity contribution in [2.24, 2.45) is 5.73 Å². The summed E-state index contributed by atoms with van der Waals surface area (Å²) in [6.07, 6.45) is 3.00. The third-order valence-corrected chi connectivity index (χ3v) is 5.19. The van der Waals surface area contributed by atoms with Crippen molar-refractivity contribution >= 4 is 17.8 Å². The van der Waals surface area contributed by atoms with E-state index in [1.54, 1.807) is 12.1 Å². The van der Waals surface area contributed by atoms with Gasteiger partial charge in [0.25, 0.3) is 0 Å². The van der Waals surface area contributed by atoms with Gasteiger partial charge >= 0.3 is 0 Å². The molecular weight excluding hydrogens is 429 g/mol. The van der Waals surface area contributed by atoms with Gasteiger partial charge in [-0.3, -0.25) is 0 Å². The smallest absolute Gasteiger partial charge is 0.229 e. The second kappa shape index (κ2) is 13.8. The number of hydrogen-bond donors (Lipinski definition) is 5. The normalized spacial score (nSPS) is 18.2. The Kier molecular flexibility index (Phi) is 10.5. The molecule has 0 bridgehead atoms. The number of rotatable bonds is 14. The van der Waals surface area contributed by atoms with Crippen LogP contribution in [-0.2, 0) is 16.0 Å². The summed E-state index contributed by atoms with van der Waals surface area (Å²) in [5.74, 6) is 1.02. The third kappa shape index (κ3) is 9.42. The summed E-state index contributed by atoms with van der Waals surface area (Å²) in [6, 6.07) is 6.46. The van der Waals surface area contributed by atoms with E-state index in [2.05, 4.69) is 30.9 Å². The molecule has 0 aliphatic heterocycles. The number of aromatic nitrogens is 3. The maximum atomic E-state index is 13.1. The first-order valence-corrected chi connectivity index (χ1v) is 11.4. The average molecular weight is 464 g/mol. The molecule has 11 heteroatoms. The summed E-state index contributed by atoms with van der Waals surface area (Å²) in [7, 11) is 0. The van der Waals surface area contributed by atoms with Crippen LogP contribution in [0.5, 0.6) is 0 Å². The zero-order valence-corrected chi connectivity index (χ0v) is 18.8. The molecule has 1 aromatic heterocycles. The summed E-state index contributed by atoms with van der Waals surface area (Å²) in [6.45, 7) is 3.46. The quantitative estimate of drug-likeness (QED) is 0.263. The van der Waals surface area contributed by atoms with Gasteiger partial charge in [0.2, 0.25) is 17.8 Å². The average Bonchev–Trinajstić information content (AvgIpc) is 2.82.